The van der Waals surface area contributed by atoms with E-state index in [1.165, 1.54) is 0 Å². The molecule has 4 N–H and O–H groups in total. The van der Waals surface area contributed by atoms with Crippen LogP contribution < -0.4 is 11.8 Å². The summed E-state index contributed by atoms with van der Waals surface area (Å²) in [6.07, 6.45) is 0.237. The molecule has 6 heteroatoms. The normalized spacial score (nSPS) is 10.3. The number of benzene rings is 2. The Labute approximate surface area is 115 Å². The van der Waals surface area contributed by atoms with Crippen molar-refractivity contribution in [2.45, 2.75) is 12.8 Å². The molecule has 0 aliphatic carbocycles. The Kier molecular flexibility index (Phi) is 4.29. The Bertz CT molecular complexity index is 597. The SMILES string of the molecule is NOC(=O)Cc1ccc2cc(CC(=O)ON)ccc2c1. The van der Waals surface area contributed by atoms with E-state index in [9.17, 15) is 9.59 Å². The van der Waals surface area contributed by atoms with Crippen molar-refractivity contribution in [3.8, 4) is 0 Å². The van der Waals surface area contributed by atoms with Gasteiger partial charge >= 0.3 is 11.9 Å². The standard InChI is InChI=1S/C14H14N2O4/c15-19-13(17)7-9-1-3-11-6-10(8-14(18)20-16)2-4-12(11)5-9/h1-6H,7-8,15-16H2. The molecule has 0 saturated heterocycles. The molecule has 0 amide bonds. The molecule has 0 bridgehead atoms. The number of fused-ring (bicyclic) bond motifs is 1. The topological polar surface area (TPSA) is 105 Å². The van der Waals surface area contributed by atoms with Crippen LogP contribution >= 0.6 is 0 Å². The summed E-state index contributed by atoms with van der Waals surface area (Å²) < 4.78 is 0. The average Bonchev–Trinajstić information content (AvgIpc) is 2.47. The molecule has 0 spiro atoms. The third-order valence-corrected chi connectivity index (χ3v) is 2.93. The number of carbonyl (C=O) groups excluding carboxylic acids is 2. The molecular formula is C14H14N2O4. The molecule has 2 aromatic rings. The van der Waals surface area contributed by atoms with Crippen LogP contribution in [0.1, 0.15) is 11.1 Å². The first-order chi connectivity index (χ1) is 9.62. The van der Waals surface area contributed by atoms with Crippen LogP contribution in [-0.4, -0.2) is 11.9 Å². The highest BCUT2D eigenvalue weighted by Crippen LogP contribution is 2.19. The van der Waals surface area contributed by atoms with E-state index < -0.39 is 11.9 Å². The summed E-state index contributed by atoms with van der Waals surface area (Å²) in [5, 5.41) is 1.91. The van der Waals surface area contributed by atoms with Gasteiger partial charge in [0.05, 0.1) is 12.8 Å². The summed E-state index contributed by atoms with van der Waals surface area (Å²) in [5.41, 5.74) is 1.61. The lowest BCUT2D eigenvalue weighted by Crippen LogP contribution is -2.12. The van der Waals surface area contributed by atoms with Gasteiger partial charge in [-0.1, -0.05) is 36.4 Å². The Hall–Kier alpha value is -2.44. The van der Waals surface area contributed by atoms with Crippen molar-refractivity contribution in [2.24, 2.45) is 11.8 Å². The molecule has 0 aromatic heterocycles. The third-order valence-electron chi connectivity index (χ3n) is 2.93. The zero-order valence-corrected chi connectivity index (χ0v) is 10.7. The van der Waals surface area contributed by atoms with E-state index in [2.05, 4.69) is 9.68 Å². The molecular weight excluding hydrogens is 260 g/mol. The number of carbonyl (C=O) groups is 2. The smallest absolute Gasteiger partial charge is 0.328 e. The summed E-state index contributed by atoms with van der Waals surface area (Å²) in [6.45, 7) is 0. The fourth-order valence-electron chi connectivity index (χ4n) is 1.98. The van der Waals surface area contributed by atoms with Crippen molar-refractivity contribution in [1.29, 1.82) is 0 Å². The van der Waals surface area contributed by atoms with Crippen LogP contribution in [0.25, 0.3) is 10.8 Å². The van der Waals surface area contributed by atoms with E-state index in [4.69, 9.17) is 11.8 Å². The molecule has 0 saturated carbocycles. The second-order valence-corrected chi connectivity index (χ2v) is 4.35. The molecule has 0 aliphatic heterocycles. The average molecular weight is 274 g/mol. The minimum atomic E-state index is -0.494. The zero-order chi connectivity index (χ0) is 14.5. The molecule has 0 radical (unpaired) electrons. The van der Waals surface area contributed by atoms with Crippen LogP contribution in [-0.2, 0) is 32.1 Å². The zero-order valence-electron chi connectivity index (χ0n) is 10.7. The monoisotopic (exact) mass is 274 g/mol. The van der Waals surface area contributed by atoms with Crippen molar-refractivity contribution in [1.82, 2.24) is 0 Å². The lowest BCUT2D eigenvalue weighted by molar-refractivity contribution is -0.144. The number of hydrogen-bond donors (Lipinski definition) is 2. The molecule has 0 unspecified atom stereocenters. The maximum Gasteiger partial charge on any atom is 0.328 e. The largest absolute Gasteiger partial charge is 0.373 e. The minimum Gasteiger partial charge on any atom is -0.373 e. The van der Waals surface area contributed by atoms with Crippen LogP contribution in [0.15, 0.2) is 36.4 Å². The minimum absolute atomic E-state index is 0.119. The van der Waals surface area contributed by atoms with Gasteiger partial charge < -0.3 is 9.68 Å². The van der Waals surface area contributed by atoms with Gasteiger partial charge in [0.2, 0.25) is 0 Å². The summed E-state index contributed by atoms with van der Waals surface area (Å²) >= 11 is 0. The van der Waals surface area contributed by atoms with E-state index in [1.807, 2.05) is 36.4 Å². The van der Waals surface area contributed by atoms with Crippen molar-refractivity contribution in [2.75, 3.05) is 0 Å². The first kappa shape index (κ1) is 14.0. The third kappa shape index (κ3) is 3.31. The van der Waals surface area contributed by atoms with Crippen LogP contribution in [0.4, 0.5) is 0 Å². The number of hydrogen-bond acceptors (Lipinski definition) is 6. The van der Waals surface area contributed by atoms with Crippen molar-refractivity contribution < 1.29 is 19.3 Å². The second-order valence-electron chi connectivity index (χ2n) is 4.35. The van der Waals surface area contributed by atoms with Gasteiger partial charge in [0.25, 0.3) is 0 Å². The Balaban J connectivity index is 2.25. The molecule has 6 nitrogen and oxygen atoms in total. The summed E-state index contributed by atoms with van der Waals surface area (Å²) in [7, 11) is 0. The van der Waals surface area contributed by atoms with Crippen LogP contribution in [0.2, 0.25) is 0 Å². The lowest BCUT2D eigenvalue weighted by atomic mass is 10.0. The van der Waals surface area contributed by atoms with E-state index in [0.29, 0.717) is 0 Å². The number of rotatable bonds is 4. The van der Waals surface area contributed by atoms with E-state index in [0.717, 1.165) is 21.9 Å². The molecule has 0 fully saturated rings. The molecule has 0 aliphatic rings. The van der Waals surface area contributed by atoms with Gasteiger partial charge in [-0.05, 0) is 21.9 Å². The molecule has 0 atom stereocenters. The first-order valence-electron chi connectivity index (χ1n) is 5.93. The van der Waals surface area contributed by atoms with E-state index in [-0.39, 0.29) is 12.8 Å². The Morgan fingerprint density at radius 2 is 1.20 bits per heavy atom. The van der Waals surface area contributed by atoms with Crippen LogP contribution in [0.3, 0.4) is 0 Å². The quantitative estimate of drug-likeness (QED) is 0.797. The second kappa shape index (κ2) is 6.14. The van der Waals surface area contributed by atoms with E-state index >= 15 is 0 Å². The highest BCUT2D eigenvalue weighted by molar-refractivity contribution is 5.86. The molecule has 104 valence electrons. The molecule has 2 aromatic carbocycles. The number of nitrogens with two attached hydrogens (primary N) is 2. The fourth-order valence-corrected chi connectivity index (χ4v) is 1.98. The van der Waals surface area contributed by atoms with Gasteiger partial charge in [0, 0.05) is 0 Å². The predicted octanol–water partition coefficient (Wildman–Crippen LogP) is 0.759. The highest BCUT2D eigenvalue weighted by Gasteiger charge is 2.07. The molecule has 20 heavy (non-hydrogen) atoms. The van der Waals surface area contributed by atoms with Crippen LogP contribution in [0, 0.1) is 0 Å². The Morgan fingerprint density at radius 1 is 0.800 bits per heavy atom. The van der Waals surface area contributed by atoms with Gasteiger partial charge in [-0.3, -0.25) is 9.59 Å². The van der Waals surface area contributed by atoms with Gasteiger partial charge in [0.15, 0.2) is 0 Å². The fraction of sp³-hybridized carbons (Fsp3) is 0.143. The van der Waals surface area contributed by atoms with Crippen molar-refractivity contribution in [3.63, 3.8) is 0 Å². The van der Waals surface area contributed by atoms with E-state index in [1.54, 1.807) is 0 Å². The highest BCUT2D eigenvalue weighted by atomic mass is 16.7. The van der Waals surface area contributed by atoms with Crippen molar-refractivity contribution >= 4 is 22.7 Å². The van der Waals surface area contributed by atoms with Gasteiger partial charge in [-0.2, -0.15) is 11.8 Å². The summed E-state index contributed by atoms with van der Waals surface area (Å²) in [5.74, 6) is 8.63. The first-order valence-corrected chi connectivity index (χ1v) is 5.93. The molecule has 2 rings (SSSR count). The maximum atomic E-state index is 11.1. The Morgan fingerprint density at radius 3 is 1.55 bits per heavy atom. The van der Waals surface area contributed by atoms with Gasteiger partial charge in [-0.15, -0.1) is 0 Å². The summed E-state index contributed by atoms with van der Waals surface area (Å²) in [4.78, 5) is 30.5. The van der Waals surface area contributed by atoms with Crippen molar-refractivity contribution in [3.05, 3.63) is 47.5 Å². The van der Waals surface area contributed by atoms with Crippen LogP contribution in [0.5, 0.6) is 0 Å². The molecule has 0 heterocycles. The predicted molar refractivity (Wildman–Crippen MR) is 71.9 cm³/mol. The lowest BCUT2D eigenvalue weighted by Gasteiger charge is -2.05. The maximum absolute atomic E-state index is 11.1. The van der Waals surface area contributed by atoms with Gasteiger partial charge in [-0.25, -0.2) is 0 Å². The summed E-state index contributed by atoms with van der Waals surface area (Å²) in [6, 6.07) is 11.1. The van der Waals surface area contributed by atoms with Gasteiger partial charge in [0.1, 0.15) is 0 Å².